The second kappa shape index (κ2) is 7.85. The number of hydrogen-bond acceptors (Lipinski definition) is 4. The number of rotatable bonds is 4. The Morgan fingerprint density at radius 2 is 2.21 bits per heavy atom. The zero-order valence-electron chi connectivity index (χ0n) is 15.0. The Hall–Kier alpha value is -2.51. The topological polar surface area (TPSA) is 56.2 Å². The van der Waals surface area contributed by atoms with Crippen molar-refractivity contribution in [3.8, 4) is 5.75 Å². The molecule has 1 atom stereocenters. The van der Waals surface area contributed by atoms with Crippen LogP contribution in [0.15, 0.2) is 58.8 Å². The van der Waals surface area contributed by atoms with Gasteiger partial charge in [-0.05, 0) is 60.1 Å². The second-order valence-electron chi connectivity index (χ2n) is 6.52. The molecule has 0 radical (unpaired) electrons. The van der Waals surface area contributed by atoms with Crippen LogP contribution in [0.3, 0.4) is 0 Å². The molecule has 0 saturated heterocycles. The first-order valence-corrected chi connectivity index (χ1v) is 9.86. The SMILES string of the molecule is Cn1ccnc1Sc1ccc(F)cc1NC(=O)C1COc2ccc(Cl)cc2C1. The number of aryl methyl sites for hydroxylation is 1. The van der Waals surface area contributed by atoms with Gasteiger partial charge in [-0.1, -0.05) is 11.6 Å². The monoisotopic (exact) mass is 417 g/mol. The number of halogens is 2. The maximum Gasteiger partial charge on any atom is 0.231 e. The molecular weight excluding hydrogens is 401 g/mol. The predicted molar refractivity (Wildman–Crippen MR) is 107 cm³/mol. The largest absolute Gasteiger partial charge is 0.492 e. The Morgan fingerprint density at radius 1 is 1.36 bits per heavy atom. The van der Waals surface area contributed by atoms with Crippen LogP contribution in [0.4, 0.5) is 10.1 Å². The second-order valence-corrected chi connectivity index (χ2v) is 7.96. The molecule has 5 nitrogen and oxygen atoms in total. The number of fused-ring (bicyclic) bond motifs is 1. The minimum atomic E-state index is -0.420. The van der Waals surface area contributed by atoms with E-state index in [9.17, 15) is 9.18 Å². The van der Waals surface area contributed by atoms with Crippen molar-refractivity contribution in [1.82, 2.24) is 9.55 Å². The van der Waals surface area contributed by atoms with E-state index in [-0.39, 0.29) is 18.4 Å². The molecule has 0 bridgehead atoms. The molecule has 1 amide bonds. The van der Waals surface area contributed by atoms with E-state index in [1.807, 2.05) is 17.8 Å². The van der Waals surface area contributed by atoms with Gasteiger partial charge >= 0.3 is 0 Å². The molecule has 2 heterocycles. The fraction of sp³-hybridized carbons (Fsp3) is 0.200. The molecule has 28 heavy (non-hydrogen) atoms. The van der Waals surface area contributed by atoms with Crippen molar-refractivity contribution >= 4 is 35.0 Å². The highest BCUT2D eigenvalue weighted by atomic mass is 35.5. The van der Waals surface area contributed by atoms with E-state index >= 15 is 0 Å². The van der Waals surface area contributed by atoms with Crippen LogP contribution in [0.1, 0.15) is 5.56 Å². The molecule has 1 aliphatic heterocycles. The van der Waals surface area contributed by atoms with E-state index in [2.05, 4.69) is 10.3 Å². The minimum Gasteiger partial charge on any atom is -0.492 e. The smallest absolute Gasteiger partial charge is 0.231 e. The molecule has 0 saturated carbocycles. The Kier molecular flexibility index (Phi) is 5.28. The molecule has 0 fully saturated rings. The van der Waals surface area contributed by atoms with Gasteiger partial charge in [-0.15, -0.1) is 0 Å². The number of ether oxygens (including phenoxy) is 1. The third kappa shape index (κ3) is 4.00. The number of anilines is 1. The van der Waals surface area contributed by atoms with Gasteiger partial charge in [0, 0.05) is 29.4 Å². The maximum absolute atomic E-state index is 13.8. The summed E-state index contributed by atoms with van der Waals surface area (Å²) < 4.78 is 21.4. The summed E-state index contributed by atoms with van der Waals surface area (Å²) in [6.07, 6.45) is 4.02. The van der Waals surface area contributed by atoms with E-state index in [0.29, 0.717) is 22.0 Å². The van der Waals surface area contributed by atoms with Gasteiger partial charge in [-0.3, -0.25) is 4.79 Å². The van der Waals surface area contributed by atoms with Gasteiger partial charge in [0.15, 0.2) is 5.16 Å². The van der Waals surface area contributed by atoms with E-state index in [0.717, 1.165) is 16.5 Å². The molecule has 144 valence electrons. The first kappa shape index (κ1) is 18.8. The summed E-state index contributed by atoms with van der Waals surface area (Å²) in [5.41, 5.74) is 1.30. The highest BCUT2D eigenvalue weighted by molar-refractivity contribution is 7.99. The molecule has 0 spiro atoms. The summed E-state index contributed by atoms with van der Waals surface area (Å²) in [5, 5.41) is 4.19. The lowest BCUT2D eigenvalue weighted by Gasteiger charge is -2.25. The van der Waals surface area contributed by atoms with Crippen LogP contribution in [-0.2, 0) is 18.3 Å². The van der Waals surface area contributed by atoms with E-state index in [1.54, 1.807) is 30.5 Å². The summed E-state index contributed by atoms with van der Waals surface area (Å²) in [6, 6.07) is 9.69. The molecule has 1 aliphatic rings. The number of benzene rings is 2. The van der Waals surface area contributed by atoms with Gasteiger partial charge in [-0.25, -0.2) is 9.37 Å². The molecule has 0 aliphatic carbocycles. The molecule has 4 rings (SSSR count). The summed E-state index contributed by atoms with van der Waals surface area (Å²) >= 11 is 7.40. The Morgan fingerprint density at radius 3 is 3.00 bits per heavy atom. The van der Waals surface area contributed by atoms with Crippen LogP contribution in [-0.4, -0.2) is 22.1 Å². The molecule has 1 unspecified atom stereocenters. The Balaban J connectivity index is 1.53. The molecule has 1 N–H and O–H groups in total. The van der Waals surface area contributed by atoms with Crippen molar-refractivity contribution < 1.29 is 13.9 Å². The standard InChI is InChI=1S/C20H17ClFN3O2S/c1-25-7-6-23-20(25)28-18-5-3-15(22)10-16(18)24-19(26)13-8-12-9-14(21)2-4-17(12)27-11-13/h2-7,9-10,13H,8,11H2,1H3,(H,24,26). The van der Waals surface area contributed by atoms with Crippen molar-refractivity contribution in [2.75, 3.05) is 11.9 Å². The molecule has 3 aromatic rings. The molecule has 1 aromatic heterocycles. The first-order valence-electron chi connectivity index (χ1n) is 8.66. The lowest BCUT2D eigenvalue weighted by atomic mass is 9.96. The van der Waals surface area contributed by atoms with Gasteiger partial charge in [0.05, 0.1) is 11.6 Å². The zero-order valence-corrected chi connectivity index (χ0v) is 16.6. The van der Waals surface area contributed by atoms with Gasteiger partial charge in [0.1, 0.15) is 18.2 Å². The quantitative estimate of drug-likeness (QED) is 0.676. The van der Waals surface area contributed by atoms with Crippen LogP contribution in [0.5, 0.6) is 5.75 Å². The van der Waals surface area contributed by atoms with Gasteiger partial charge in [0.25, 0.3) is 0 Å². The molecule has 8 heteroatoms. The van der Waals surface area contributed by atoms with Crippen molar-refractivity contribution in [3.05, 3.63) is 65.2 Å². The van der Waals surface area contributed by atoms with Crippen molar-refractivity contribution in [3.63, 3.8) is 0 Å². The number of carbonyl (C=O) groups excluding carboxylic acids is 1. The highest BCUT2D eigenvalue weighted by Crippen LogP contribution is 2.34. The lowest BCUT2D eigenvalue weighted by Crippen LogP contribution is -2.32. The number of amides is 1. The van der Waals surface area contributed by atoms with Crippen LogP contribution in [0.2, 0.25) is 5.02 Å². The number of nitrogens with one attached hydrogen (secondary N) is 1. The average Bonchev–Trinajstić information content (AvgIpc) is 3.08. The number of aromatic nitrogens is 2. The summed E-state index contributed by atoms with van der Waals surface area (Å²) in [4.78, 5) is 17.8. The van der Waals surface area contributed by atoms with E-state index < -0.39 is 5.82 Å². The highest BCUT2D eigenvalue weighted by Gasteiger charge is 2.27. The van der Waals surface area contributed by atoms with Crippen molar-refractivity contribution in [2.45, 2.75) is 16.5 Å². The van der Waals surface area contributed by atoms with Crippen LogP contribution in [0, 0.1) is 11.7 Å². The fourth-order valence-corrected chi connectivity index (χ4v) is 4.07. The predicted octanol–water partition coefficient (Wildman–Crippen LogP) is 4.55. The van der Waals surface area contributed by atoms with Crippen molar-refractivity contribution in [2.24, 2.45) is 13.0 Å². The number of imidazole rings is 1. The van der Waals surface area contributed by atoms with Crippen molar-refractivity contribution in [1.29, 1.82) is 0 Å². The lowest BCUT2D eigenvalue weighted by molar-refractivity contribution is -0.121. The van der Waals surface area contributed by atoms with Gasteiger partial charge in [0.2, 0.25) is 5.91 Å². The normalized spacial score (nSPS) is 15.6. The number of nitrogens with zero attached hydrogens (tertiary/aromatic N) is 2. The number of hydrogen-bond donors (Lipinski definition) is 1. The van der Waals surface area contributed by atoms with Crippen LogP contribution < -0.4 is 10.1 Å². The summed E-state index contributed by atoms with van der Waals surface area (Å²) in [7, 11) is 1.87. The minimum absolute atomic E-state index is 0.224. The van der Waals surface area contributed by atoms with Crippen LogP contribution in [0.25, 0.3) is 0 Å². The Bertz CT molecular complexity index is 1040. The molecule has 2 aromatic carbocycles. The third-order valence-electron chi connectivity index (χ3n) is 4.48. The summed E-state index contributed by atoms with van der Waals surface area (Å²) in [5.74, 6) is -0.292. The number of carbonyl (C=O) groups is 1. The van der Waals surface area contributed by atoms with Gasteiger partial charge < -0.3 is 14.6 Å². The fourth-order valence-electron chi connectivity index (χ4n) is 3.00. The van der Waals surface area contributed by atoms with E-state index in [1.165, 1.54) is 23.9 Å². The maximum atomic E-state index is 13.8. The average molecular weight is 418 g/mol. The molecular formula is C20H17ClFN3O2S. The first-order chi connectivity index (χ1) is 13.5. The summed E-state index contributed by atoms with van der Waals surface area (Å²) in [6.45, 7) is 0.262. The van der Waals surface area contributed by atoms with Crippen LogP contribution >= 0.6 is 23.4 Å². The van der Waals surface area contributed by atoms with Gasteiger partial charge in [-0.2, -0.15) is 0 Å². The Labute approximate surface area is 170 Å². The third-order valence-corrected chi connectivity index (χ3v) is 5.86. The zero-order chi connectivity index (χ0) is 19.7. The van der Waals surface area contributed by atoms with E-state index in [4.69, 9.17) is 16.3 Å².